The first-order valence-electron chi connectivity index (χ1n) is 1.69. The Morgan fingerprint density at radius 2 is 2.25 bits per heavy atom. The van der Waals surface area contributed by atoms with Gasteiger partial charge in [0, 0.05) is 0 Å². The second-order valence-electron chi connectivity index (χ2n) is 0.816. The molecule has 0 aromatic heterocycles. The Kier molecular flexibility index (Phi) is 3.11. The van der Waals surface area contributed by atoms with Crippen LogP contribution in [-0.4, -0.2) is 7.85 Å². The van der Waals surface area contributed by atoms with Crippen molar-refractivity contribution in [2.45, 2.75) is 13.2 Å². The minimum absolute atomic E-state index is 1.19. The second-order valence-corrected chi connectivity index (χ2v) is 0.816. The van der Waals surface area contributed by atoms with Crippen molar-refractivity contribution in [2.75, 3.05) is 0 Å². The van der Waals surface area contributed by atoms with Crippen molar-refractivity contribution in [3.05, 3.63) is 6.42 Å². The zero-order valence-electron chi connectivity index (χ0n) is 3.28. The third-order valence-electron chi connectivity index (χ3n) is 0.408. The Bertz CT molecular complexity index is 5.25. The Labute approximate surface area is 28.6 Å². The van der Waals surface area contributed by atoms with Gasteiger partial charge in [0.2, 0.25) is 0 Å². The van der Waals surface area contributed by atoms with Crippen molar-refractivity contribution in [3.63, 3.8) is 0 Å². The molecule has 0 aromatic carbocycles. The van der Waals surface area contributed by atoms with Gasteiger partial charge in [0.05, 0.1) is 0 Å². The van der Waals surface area contributed by atoms with Crippen LogP contribution in [-0.2, 0) is 0 Å². The second kappa shape index (κ2) is 3.06. The Balaban J connectivity index is 1.97. The summed E-state index contributed by atoms with van der Waals surface area (Å²) in [5.41, 5.74) is 0. The first-order chi connectivity index (χ1) is 1.91. The lowest BCUT2D eigenvalue weighted by atomic mass is 10.0. The summed E-state index contributed by atoms with van der Waals surface area (Å²) in [7, 11) is 2.12. The highest BCUT2D eigenvalue weighted by Crippen LogP contribution is 1.71. The third-order valence-corrected chi connectivity index (χ3v) is 0.408. The van der Waals surface area contributed by atoms with Crippen LogP contribution >= 0.6 is 0 Å². The van der Waals surface area contributed by atoms with E-state index < -0.39 is 0 Å². The van der Waals surface area contributed by atoms with Crippen LogP contribution in [0.4, 0.5) is 0 Å². The van der Waals surface area contributed by atoms with E-state index in [-0.39, 0.29) is 0 Å². The number of rotatable bonds is 1. The van der Waals surface area contributed by atoms with Gasteiger partial charge in [0.25, 0.3) is 0 Å². The standard InChI is InChI=1S/C3H8B/c1-2-3-4/h2H,3-4H2,1H3. The quantitative estimate of drug-likeness (QED) is 0.377. The van der Waals surface area contributed by atoms with Gasteiger partial charge in [0.1, 0.15) is 7.85 Å². The van der Waals surface area contributed by atoms with Gasteiger partial charge in [-0.05, 0) is 6.42 Å². The molecule has 0 bridgehead atoms. The molecule has 0 saturated carbocycles. The Morgan fingerprint density at radius 3 is 2.25 bits per heavy atom. The molecule has 0 atom stereocenters. The summed E-state index contributed by atoms with van der Waals surface area (Å²) in [6.07, 6.45) is 3.32. The van der Waals surface area contributed by atoms with Gasteiger partial charge in [0.15, 0.2) is 0 Å². The minimum Gasteiger partial charge on any atom is -0.0783 e. The van der Waals surface area contributed by atoms with Gasteiger partial charge < -0.3 is 0 Å². The summed E-state index contributed by atoms with van der Waals surface area (Å²) in [6.45, 7) is 2.06. The third kappa shape index (κ3) is 2.06. The normalized spacial score (nSPS) is 7.25. The summed E-state index contributed by atoms with van der Waals surface area (Å²) in [6, 6.07) is 0. The molecule has 0 aromatic rings. The highest BCUT2D eigenvalue weighted by atomic mass is 13.5. The van der Waals surface area contributed by atoms with Gasteiger partial charge in [-0.3, -0.25) is 0 Å². The summed E-state index contributed by atoms with van der Waals surface area (Å²) < 4.78 is 0. The molecule has 4 heavy (non-hydrogen) atoms. The maximum Gasteiger partial charge on any atom is 0.101 e. The van der Waals surface area contributed by atoms with Gasteiger partial charge >= 0.3 is 0 Å². The van der Waals surface area contributed by atoms with Crippen molar-refractivity contribution < 1.29 is 0 Å². The van der Waals surface area contributed by atoms with Gasteiger partial charge in [-0.2, -0.15) is 0 Å². The van der Waals surface area contributed by atoms with Crippen LogP contribution in [0.15, 0.2) is 0 Å². The summed E-state index contributed by atoms with van der Waals surface area (Å²) in [5, 5.41) is 0. The van der Waals surface area contributed by atoms with E-state index in [1.807, 2.05) is 0 Å². The lowest BCUT2D eigenvalue weighted by Crippen LogP contribution is -1.57. The van der Waals surface area contributed by atoms with Crippen LogP contribution in [0.25, 0.3) is 0 Å². The highest BCUT2D eigenvalue weighted by Gasteiger charge is 1.58. The molecule has 0 fully saturated rings. The fourth-order valence-corrected chi connectivity index (χ4v) is 0. The lowest BCUT2D eigenvalue weighted by molar-refractivity contribution is 1.40. The maximum absolute atomic E-state index is 2.12. The minimum atomic E-state index is 1.19. The average molecular weight is 54.9 g/mol. The van der Waals surface area contributed by atoms with E-state index in [0.29, 0.717) is 0 Å². The van der Waals surface area contributed by atoms with Crippen LogP contribution in [0, 0.1) is 6.42 Å². The Morgan fingerprint density at radius 1 is 2.00 bits per heavy atom. The average Bonchev–Trinajstić information content (AvgIpc) is 1.37. The van der Waals surface area contributed by atoms with Crippen molar-refractivity contribution in [3.8, 4) is 0 Å². The molecule has 0 amide bonds. The Hall–Kier alpha value is 0.0649. The summed E-state index contributed by atoms with van der Waals surface area (Å²) in [4.78, 5) is 0. The molecule has 1 heteroatoms. The van der Waals surface area contributed by atoms with E-state index in [0.717, 1.165) is 0 Å². The maximum atomic E-state index is 2.12. The van der Waals surface area contributed by atoms with Gasteiger partial charge in [-0.25, -0.2) is 0 Å². The van der Waals surface area contributed by atoms with E-state index in [9.17, 15) is 0 Å². The fraction of sp³-hybridized carbons (Fsp3) is 0.667. The molecular formula is C3H8B. The van der Waals surface area contributed by atoms with Crippen LogP contribution in [0.2, 0.25) is 6.32 Å². The number of hydrogen-bond acceptors (Lipinski definition) is 0. The van der Waals surface area contributed by atoms with E-state index >= 15 is 0 Å². The molecule has 0 aliphatic heterocycles. The molecule has 0 saturated heterocycles. The largest absolute Gasteiger partial charge is 0.101 e. The smallest absolute Gasteiger partial charge is 0.0783 e. The fourth-order valence-electron chi connectivity index (χ4n) is 0. The molecule has 23 valence electrons. The predicted molar refractivity (Wildman–Crippen MR) is 23.3 cm³/mol. The zero-order valence-corrected chi connectivity index (χ0v) is 3.28. The molecule has 0 unspecified atom stereocenters. The van der Waals surface area contributed by atoms with E-state index in [1.165, 1.54) is 6.32 Å². The van der Waals surface area contributed by atoms with Crippen molar-refractivity contribution in [1.82, 2.24) is 0 Å². The van der Waals surface area contributed by atoms with Crippen LogP contribution < -0.4 is 0 Å². The van der Waals surface area contributed by atoms with E-state index in [2.05, 4.69) is 21.2 Å². The highest BCUT2D eigenvalue weighted by molar-refractivity contribution is 6.09. The first kappa shape index (κ1) is 4.06. The van der Waals surface area contributed by atoms with Crippen LogP contribution in [0.1, 0.15) is 6.92 Å². The zero-order chi connectivity index (χ0) is 3.41. The van der Waals surface area contributed by atoms with Crippen molar-refractivity contribution in [2.24, 2.45) is 0 Å². The molecule has 0 N–H and O–H groups in total. The SMILES string of the molecule is BC[CH]C. The lowest BCUT2D eigenvalue weighted by Gasteiger charge is -1.66. The molecule has 0 rings (SSSR count). The van der Waals surface area contributed by atoms with Gasteiger partial charge in [-0.1, -0.05) is 13.2 Å². The van der Waals surface area contributed by atoms with Crippen molar-refractivity contribution in [1.29, 1.82) is 0 Å². The predicted octanol–water partition coefficient (Wildman–Crippen LogP) is 0.262. The monoisotopic (exact) mass is 55.1 g/mol. The molecule has 0 aliphatic rings. The summed E-state index contributed by atoms with van der Waals surface area (Å²) >= 11 is 0. The molecule has 1 radical (unpaired) electrons. The van der Waals surface area contributed by atoms with Crippen molar-refractivity contribution >= 4 is 7.85 Å². The molecule has 0 heterocycles. The number of hydrogen-bond donors (Lipinski definition) is 0. The first-order valence-corrected chi connectivity index (χ1v) is 1.69. The molecular weight excluding hydrogens is 46.8 g/mol. The molecule has 0 nitrogen and oxygen atoms in total. The van der Waals surface area contributed by atoms with E-state index in [1.54, 1.807) is 0 Å². The van der Waals surface area contributed by atoms with Crippen LogP contribution in [0.5, 0.6) is 0 Å². The summed E-state index contributed by atoms with van der Waals surface area (Å²) in [5.74, 6) is 0. The van der Waals surface area contributed by atoms with E-state index in [4.69, 9.17) is 0 Å². The topological polar surface area (TPSA) is 0 Å². The molecule has 0 aliphatic carbocycles. The van der Waals surface area contributed by atoms with Crippen LogP contribution in [0.3, 0.4) is 0 Å². The molecule has 0 spiro atoms. The van der Waals surface area contributed by atoms with Gasteiger partial charge in [-0.15, -0.1) is 0 Å².